The van der Waals surface area contributed by atoms with Gasteiger partial charge in [0, 0.05) is 39.6 Å². The van der Waals surface area contributed by atoms with Crippen LogP contribution in [0.15, 0.2) is 0 Å². The number of rotatable bonds is 3. The van der Waals surface area contributed by atoms with Crippen LogP contribution in [0.2, 0.25) is 10.4 Å². The minimum Gasteiger partial charge on any atom is -0.388 e. The first-order valence-electron chi connectivity index (χ1n) is 5.57. The smallest absolute Gasteiger partial charge is 0.245 e. The van der Waals surface area contributed by atoms with Crippen molar-refractivity contribution in [2.75, 3.05) is 31.7 Å². The number of hydrogen-bond donors (Lipinski definition) is 1. The predicted molar refractivity (Wildman–Crippen MR) is 68.1 cm³/mol. The van der Waals surface area contributed by atoms with Crippen LogP contribution in [0, 0.1) is 0 Å². The fourth-order valence-corrected chi connectivity index (χ4v) is 2.30. The summed E-state index contributed by atoms with van der Waals surface area (Å²) in [5.74, 6) is 0.414. The van der Waals surface area contributed by atoms with Crippen molar-refractivity contribution in [2.24, 2.45) is 0 Å². The SMILES string of the molecule is CN(CC1(O)CCOCC1)c1nc(Cl)nnc1Cl. The highest BCUT2D eigenvalue weighted by Crippen LogP contribution is 2.26. The molecule has 100 valence electrons. The van der Waals surface area contributed by atoms with E-state index in [1.165, 1.54) is 0 Å². The summed E-state index contributed by atoms with van der Waals surface area (Å²) in [5.41, 5.74) is -0.798. The summed E-state index contributed by atoms with van der Waals surface area (Å²) in [4.78, 5) is 5.74. The number of hydrogen-bond acceptors (Lipinski definition) is 6. The van der Waals surface area contributed by atoms with Crippen LogP contribution in [0.1, 0.15) is 12.8 Å². The summed E-state index contributed by atoms with van der Waals surface area (Å²) < 4.78 is 5.23. The van der Waals surface area contributed by atoms with E-state index in [4.69, 9.17) is 27.9 Å². The molecule has 1 aromatic heterocycles. The Morgan fingerprint density at radius 1 is 1.33 bits per heavy atom. The molecule has 0 bridgehead atoms. The molecule has 2 rings (SSSR count). The van der Waals surface area contributed by atoms with Crippen molar-refractivity contribution in [3.63, 3.8) is 0 Å². The number of nitrogens with zero attached hydrogens (tertiary/aromatic N) is 4. The Balaban J connectivity index is 2.11. The predicted octanol–water partition coefficient (Wildman–Crippen LogP) is 1.16. The van der Waals surface area contributed by atoms with Gasteiger partial charge in [0.15, 0.2) is 11.0 Å². The van der Waals surface area contributed by atoms with Gasteiger partial charge < -0.3 is 14.7 Å². The summed E-state index contributed by atoms with van der Waals surface area (Å²) in [6, 6.07) is 0. The Morgan fingerprint density at radius 3 is 2.67 bits per heavy atom. The van der Waals surface area contributed by atoms with Crippen LogP contribution in [0.25, 0.3) is 0 Å². The average molecular weight is 293 g/mol. The molecule has 1 aliphatic rings. The monoisotopic (exact) mass is 292 g/mol. The van der Waals surface area contributed by atoms with Crippen molar-refractivity contribution in [3.8, 4) is 0 Å². The Labute approximate surface area is 115 Å². The molecule has 0 aromatic carbocycles. The molecule has 6 nitrogen and oxygen atoms in total. The van der Waals surface area contributed by atoms with E-state index < -0.39 is 5.60 Å². The number of anilines is 1. The van der Waals surface area contributed by atoms with E-state index in [9.17, 15) is 5.11 Å². The topological polar surface area (TPSA) is 71.4 Å². The molecular weight excluding hydrogens is 279 g/mol. The lowest BCUT2D eigenvalue weighted by Gasteiger charge is -2.35. The molecule has 1 aliphatic heterocycles. The lowest BCUT2D eigenvalue weighted by molar-refractivity contribution is -0.0573. The standard InChI is InChI=1S/C10H14Cl2N4O2/c1-16(6-10(17)2-4-18-5-3-10)8-7(11)14-15-9(12)13-8/h17H,2-6H2,1H3. The highest BCUT2D eigenvalue weighted by Gasteiger charge is 2.32. The van der Waals surface area contributed by atoms with Gasteiger partial charge in [-0.05, 0) is 11.6 Å². The van der Waals surface area contributed by atoms with E-state index in [1.54, 1.807) is 11.9 Å². The molecule has 1 saturated heterocycles. The van der Waals surface area contributed by atoms with Gasteiger partial charge in [-0.3, -0.25) is 0 Å². The largest absolute Gasteiger partial charge is 0.388 e. The maximum Gasteiger partial charge on any atom is 0.245 e. The number of ether oxygens (including phenoxy) is 1. The van der Waals surface area contributed by atoms with Crippen molar-refractivity contribution in [1.29, 1.82) is 0 Å². The van der Waals surface area contributed by atoms with Gasteiger partial charge in [0.2, 0.25) is 5.28 Å². The van der Waals surface area contributed by atoms with Crippen LogP contribution in [-0.4, -0.2) is 52.7 Å². The first kappa shape index (κ1) is 13.7. The Bertz CT molecular complexity index is 426. The second kappa shape index (κ2) is 5.52. The van der Waals surface area contributed by atoms with E-state index in [2.05, 4.69) is 15.2 Å². The van der Waals surface area contributed by atoms with Crippen molar-refractivity contribution < 1.29 is 9.84 Å². The minimum atomic E-state index is -0.798. The van der Waals surface area contributed by atoms with Crippen LogP contribution in [0.3, 0.4) is 0 Å². The first-order chi connectivity index (χ1) is 8.50. The molecule has 0 atom stereocenters. The molecule has 1 N–H and O–H groups in total. The molecule has 0 amide bonds. The summed E-state index contributed by atoms with van der Waals surface area (Å²) in [6.07, 6.45) is 1.17. The van der Waals surface area contributed by atoms with Gasteiger partial charge in [0.1, 0.15) is 0 Å². The van der Waals surface area contributed by atoms with Crippen LogP contribution in [-0.2, 0) is 4.74 Å². The molecule has 0 unspecified atom stereocenters. The normalized spacial score (nSPS) is 18.7. The highest BCUT2D eigenvalue weighted by atomic mass is 35.5. The van der Waals surface area contributed by atoms with Gasteiger partial charge in [-0.25, -0.2) is 0 Å². The Kier molecular flexibility index (Phi) is 4.21. The van der Waals surface area contributed by atoms with Crippen molar-refractivity contribution in [3.05, 3.63) is 10.4 Å². The van der Waals surface area contributed by atoms with Gasteiger partial charge in [-0.15, -0.1) is 10.2 Å². The fourth-order valence-electron chi connectivity index (χ4n) is 1.95. The summed E-state index contributed by atoms with van der Waals surface area (Å²) >= 11 is 11.6. The molecule has 18 heavy (non-hydrogen) atoms. The van der Waals surface area contributed by atoms with Crippen LogP contribution >= 0.6 is 23.2 Å². The molecule has 0 saturated carbocycles. The molecular formula is C10H14Cl2N4O2. The molecule has 1 fully saturated rings. The Hall–Kier alpha value is -0.690. The maximum atomic E-state index is 10.4. The maximum absolute atomic E-state index is 10.4. The van der Waals surface area contributed by atoms with Crippen LogP contribution < -0.4 is 4.90 Å². The zero-order valence-electron chi connectivity index (χ0n) is 9.94. The van der Waals surface area contributed by atoms with Gasteiger partial charge >= 0.3 is 0 Å². The first-order valence-corrected chi connectivity index (χ1v) is 6.33. The third-order valence-electron chi connectivity index (χ3n) is 2.92. The average Bonchev–Trinajstić information content (AvgIpc) is 2.32. The van der Waals surface area contributed by atoms with Crippen molar-refractivity contribution in [2.45, 2.75) is 18.4 Å². The lowest BCUT2D eigenvalue weighted by atomic mass is 9.94. The Morgan fingerprint density at radius 2 is 2.00 bits per heavy atom. The summed E-state index contributed by atoms with van der Waals surface area (Å²) in [5, 5.41) is 17.8. The minimum absolute atomic E-state index is 0.0280. The molecule has 0 aliphatic carbocycles. The number of likely N-dealkylation sites (N-methyl/N-ethyl adjacent to an activating group) is 1. The number of aliphatic hydroxyl groups is 1. The summed E-state index contributed by atoms with van der Waals surface area (Å²) in [7, 11) is 1.78. The van der Waals surface area contributed by atoms with Gasteiger partial charge in [0.25, 0.3) is 0 Å². The molecule has 0 radical (unpaired) electrons. The van der Waals surface area contributed by atoms with Crippen molar-refractivity contribution >= 4 is 29.0 Å². The van der Waals surface area contributed by atoms with E-state index in [-0.39, 0.29) is 10.4 Å². The highest BCUT2D eigenvalue weighted by molar-refractivity contribution is 6.32. The zero-order chi connectivity index (χ0) is 13.2. The summed E-state index contributed by atoms with van der Waals surface area (Å²) in [6.45, 7) is 1.51. The quantitative estimate of drug-likeness (QED) is 0.901. The van der Waals surface area contributed by atoms with Crippen LogP contribution in [0.4, 0.5) is 5.82 Å². The second-order valence-corrected chi connectivity index (χ2v) is 5.08. The van der Waals surface area contributed by atoms with Gasteiger partial charge in [-0.1, -0.05) is 11.6 Å². The van der Waals surface area contributed by atoms with E-state index in [0.717, 1.165) is 0 Å². The van der Waals surface area contributed by atoms with Crippen LogP contribution in [0.5, 0.6) is 0 Å². The van der Waals surface area contributed by atoms with Gasteiger partial charge in [0.05, 0.1) is 5.60 Å². The number of halogens is 2. The second-order valence-electron chi connectivity index (χ2n) is 4.39. The third kappa shape index (κ3) is 3.20. The molecule has 8 heteroatoms. The number of aromatic nitrogens is 3. The molecule has 2 heterocycles. The van der Waals surface area contributed by atoms with Gasteiger partial charge in [-0.2, -0.15) is 4.98 Å². The fraction of sp³-hybridized carbons (Fsp3) is 0.700. The third-order valence-corrected chi connectivity index (χ3v) is 3.32. The molecule has 0 spiro atoms. The van der Waals surface area contributed by atoms with E-state index in [1.807, 2.05) is 0 Å². The zero-order valence-corrected chi connectivity index (χ0v) is 11.4. The van der Waals surface area contributed by atoms with E-state index in [0.29, 0.717) is 38.4 Å². The van der Waals surface area contributed by atoms with E-state index >= 15 is 0 Å². The lowest BCUT2D eigenvalue weighted by Crippen LogP contribution is -2.46. The molecule has 1 aromatic rings. The van der Waals surface area contributed by atoms with Crippen molar-refractivity contribution in [1.82, 2.24) is 15.2 Å².